The summed E-state index contributed by atoms with van der Waals surface area (Å²) in [5.74, 6) is 1.71. The molecule has 2 aromatic rings. The van der Waals surface area contributed by atoms with Gasteiger partial charge in [0.15, 0.2) is 0 Å². The highest BCUT2D eigenvalue weighted by atomic mass is 32.2. The second kappa shape index (κ2) is 13.0. The lowest BCUT2D eigenvalue weighted by Crippen LogP contribution is -2.48. The summed E-state index contributed by atoms with van der Waals surface area (Å²) < 4.78 is 5.21. The zero-order valence-electron chi connectivity index (χ0n) is 18.1. The van der Waals surface area contributed by atoms with E-state index in [4.69, 9.17) is 4.74 Å². The predicted octanol–water partition coefficient (Wildman–Crippen LogP) is 4.26. The van der Waals surface area contributed by atoms with E-state index in [9.17, 15) is 9.59 Å². The van der Waals surface area contributed by atoms with Crippen molar-refractivity contribution in [2.75, 3.05) is 19.4 Å². The van der Waals surface area contributed by atoms with Gasteiger partial charge in [-0.3, -0.25) is 9.59 Å². The first kappa shape index (κ1) is 23.8. The summed E-state index contributed by atoms with van der Waals surface area (Å²) in [5, 5.41) is 2.95. The summed E-state index contributed by atoms with van der Waals surface area (Å²) in [6.45, 7) is 4.90. The lowest BCUT2D eigenvalue weighted by Gasteiger charge is -2.29. The molecule has 0 radical (unpaired) electrons. The molecular weight excluding hydrogens is 396 g/mol. The van der Waals surface area contributed by atoms with Crippen molar-refractivity contribution in [3.05, 3.63) is 65.7 Å². The number of carbonyl (C=O) groups is 2. The van der Waals surface area contributed by atoms with Crippen molar-refractivity contribution in [2.24, 2.45) is 0 Å². The predicted molar refractivity (Wildman–Crippen MR) is 124 cm³/mol. The first-order chi connectivity index (χ1) is 14.5. The van der Waals surface area contributed by atoms with Crippen LogP contribution in [-0.4, -0.2) is 42.2 Å². The van der Waals surface area contributed by atoms with E-state index in [1.807, 2.05) is 42.5 Å². The summed E-state index contributed by atoms with van der Waals surface area (Å²) in [4.78, 5) is 27.3. The maximum Gasteiger partial charge on any atom is 0.242 e. The number of amides is 2. The smallest absolute Gasteiger partial charge is 0.242 e. The van der Waals surface area contributed by atoms with Crippen LogP contribution in [0.25, 0.3) is 0 Å². The minimum atomic E-state index is -0.534. The zero-order chi connectivity index (χ0) is 21.8. The van der Waals surface area contributed by atoms with Gasteiger partial charge in [-0.1, -0.05) is 55.8 Å². The van der Waals surface area contributed by atoms with Gasteiger partial charge in [0.1, 0.15) is 11.8 Å². The molecule has 162 valence electrons. The molecule has 6 heteroatoms. The number of ether oxygens (including phenoxy) is 1. The van der Waals surface area contributed by atoms with Gasteiger partial charge in [0.2, 0.25) is 11.8 Å². The molecule has 1 N–H and O–H groups in total. The fourth-order valence-electron chi connectivity index (χ4n) is 2.96. The van der Waals surface area contributed by atoms with E-state index in [1.54, 1.807) is 30.7 Å². The standard InChI is InChI=1S/C24H32N2O3S/c1-4-5-15-25-24(28)19(2)26(16-20-11-13-22(29-3)14-12-20)23(27)18-30-17-21-9-7-6-8-10-21/h6-14,19H,4-5,15-18H2,1-3H3,(H,25,28)/t19-/m1/s1. The van der Waals surface area contributed by atoms with Gasteiger partial charge in [0.05, 0.1) is 12.9 Å². The van der Waals surface area contributed by atoms with Crippen LogP contribution in [0, 0.1) is 0 Å². The van der Waals surface area contributed by atoms with E-state index < -0.39 is 6.04 Å². The first-order valence-electron chi connectivity index (χ1n) is 10.4. The number of hydrogen-bond acceptors (Lipinski definition) is 4. The van der Waals surface area contributed by atoms with Crippen LogP contribution in [0.15, 0.2) is 54.6 Å². The lowest BCUT2D eigenvalue weighted by atomic mass is 10.1. The van der Waals surface area contributed by atoms with E-state index in [0.717, 1.165) is 29.9 Å². The van der Waals surface area contributed by atoms with Crippen LogP contribution in [0.4, 0.5) is 0 Å². The lowest BCUT2D eigenvalue weighted by molar-refractivity contribution is -0.138. The van der Waals surface area contributed by atoms with Crippen molar-refractivity contribution in [3.63, 3.8) is 0 Å². The van der Waals surface area contributed by atoms with Gasteiger partial charge < -0.3 is 15.0 Å². The van der Waals surface area contributed by atoms with Crippen molar-refractivity contribution >= 4 is 23.6 Å². The minimum absolute atomic E-state index is 0.0371. The van der Waals surface area contributed by atoms with Crippen LogP contribution in [-0.2, 0) is 21.9 Å². The van der Waals surface area contributed by atoms with E-state index in [0.29, 0.717) is 18.8 Å². The summed E-state index contributed by atoms with van der Waals surface area (Å²) in [5.41, 5.74) is 2.15. The number of nitrogens with zero attached hydrogens (tertiary/aromatic N) is 1. The van der Waals surface area contributed by atoms with Crippen LogP contribution in [0.1, 0.15) is 37.8 Å². The van der Waals surface area contributed by atoms with Gasteiger partial charge in [-0.15, -0.1) is 11.8 Å². The van der Waals surface area contributed by atoms with E-state index in [2.05, 4.69) is 24.4 Å². The fraction of sp³-hybridized carbons (Fsp3) is 0.417. The van der Waals surface area contributed by atoms with Gasteiger partial charge in [0, 0.05) is 18.8 Å². The zero-order valence-corrected chi connectivity index (χ0v) is 18.9. The molecule has 5 nitrogen and oxygen atoms in total. The molecule has 0 spiro atoms. The van der Waals surface area contributed by atoms with E-state index in [-0.39, 0.29) is 11.8 Å². The number of methoxy groups -OCH3 is 1. The number of rotatable bonds is 12. The SMILES string of the molecule is CCCCNC(=O)[C@@H](C)N(Cc1ccc(OC)cc1)C(=O)CSCc1ccccc1. The highest BCUT2D eigenvalue weighted by Crippen LogP contribution is 2.17. The molecule has 0 saturated heterocycles. The van der Waals surface area contributed by atoms with Crippen molar-refractivity contribution < 1.29 is 14.3 Å². The largest absolute Gasteiger partial charge is 0.497 e. The maximum atomic E-state index is 13.0. The van der Waals surface area contributed by atoms with Crippen LogP contribution in [0.2, 0.25) is 0 Å². The van der Waals surface area contributed by atoms with Crippen LogP contribution in [0.5, 0.6) is 5.75 Å². The number of unbranched alkanes of at least 4 members (excludes halogenated alkanes) is 1. The van der Waals surface area contributed by atoms with E-state index in [1.165, 1.54) is 5.56 Å². The van der Waals surface area contributed by atoms with Gasteiger partial charge in [-0.05, 0) is 36.6 Å². The Hall–Kier alpha value is -2.47. The minimum Gasteiger partial charge on any atom is -0.497 e. The first-order valence-corrected chi connectivity index (χ1v) is 11.5. The van der Waals surface area contributed by atoms with Crippen LogP contribution >= 0.6 is 11.8 Å². The second-order valence-corrected chi connectivity index (χ2v) is 8.15. The molecular formula is C24H32N2O3S. The van der Waals surface area contributed by atoms with Gasteiger partial charge in [-0.2, -0.15) is 0 Å². The molecule has 0 aromatic heterocycles. The van der Waals surface area contributed by atoms with Gasteiger partial charge >= 0.3 is 0 Å². The van der Waals surface area contributed by atoms with Crippen molar-refractivity contribution in [2.45, 2.75) is 45.0 Å². The topological polar surface area (TPSA) is 58.6 Å². The Morgan fingerprint density at radius 3 is 2.40 bits per heavy atom. The Bertz CT molecular complexity index is 781. The molecule has 2 aromatic carbocycles. The fourth-order valence-corrected chi connectivity index (χ4v) is 3.83. The van der Waals surface area contributed by atoms with Crippen molar-refractivity contribution in [1.29, 1.82) is 0 Å². The van der Waals surface area contributed by atoms with Crippen LogP contribution < -0.4 is 10.1 Å². The number of thioether (sulfide) groups is 1. The molecule has 2 amide bonds. The summed E-state index contributed by atoms with van der Waals surface area (Å²) in [7, 11) is 1.62. The monoisotopic (exact) mass is 428 g/mol. The average molecular weight is 429 g/mol. The Kier molecular flexibility index (Phi) is 10.3. The van der Waals surface area contributed by atoms with E-state index >= 15 is 0 Å². The third kappa shape index (κ3) is 7.75. The molecule has 0 saturated carbocycles. The molecule has 1 atom stereocenters. The number of nitrogens with one attached hydrogen (secondary N) is 1. The quantitative estimate of drug-likeness (QED) is 0.513. The average Bonchev–Trinajstić information content (AvgIpc) is 2.78. The number of carbonyl (C=O) groups excluding carboxylic acids is 2. The molecule has 30 heavy (non-hydrogen) atoms. The van der Waals surface area contributed by atoms with Crippen molar-refractivity contribution in [1.82, 2.24) is 10.2 Å². The molecule has 0 heterocycles. The highest BCUT2D eigenvalue weighted by Gasteiger charge is 2.25. The molecule has 0 aliphatic heterocycles. The number of hydrogen-bond donors (Lipinski definition) is 1. The molecule has 0 aliphatic rings. The summed E-state index contributed by atoms with van der Waals surface area (Å²) in [6.07, 6.45) is 1.94. The molecule has 2 rings (SSSR count). The Balaban J connectivity index is 2.03. The Labute approximate surface area is 184 Å². The molecule has 0 aliphatic carbocycles. The Morgan fingerprint density at radius 1 is 1.07 bits per heavy atom. The summed E-state index contributed by atoms with van der Waals surface area (Å²) >= 11 is 1.57. The maximum absolute atomic E-state index is 13.0. The molecule has 0 fully saturated rings. The summed E-state index contributed by atoms with van der Waals surface area (Å²) in [6, 6.07) is 17.1. The normalized spacial score (nSPS) is 11.6. The highest BCUT2D eigenvalue weighted by molar-refractivity contribution is 7.99. The van der Waals surface area contributed by atoms with Gasteiger partial charge in [0.25, 0.3) is 0 Å². The number of benzene rings is 2. The molecule has 0 bridgehead atoms. The second-order valence-electron chi connectivity index (χ2n) is 7.17. The Morgan fingerprint density at radius 2 is 1.77 bits per heavy atom. The third-order valence-corrected chi connectivity index (χ3v) is 5.83. The van der Waals surface area contributed by atoms with Gasteiger partial charge in [-0.25, -0.2) is 0 Å². The van der Waals surface area contributed by atoms with Crippen molar-refractivity contribution in [3.8, 4) is 5.75 Å². The third-order valence-electron chi connectivity index (χ3n) is 4.85. The molecule has 0 unspecified atom stereocenters. The van der Waals surface area contributed by atoms with Crippen LogP contribution in [0.3, 0.4) is 0 Å².